The third kappa shape index (κ3) is 4.57. The lowest BCUT2D eigenvalue weighted by Crippen LogP contribution is -2.39. The maximum Gasteiger partial charge on any atom is 0.242 e. The molecule has 0 radical (unpaired) electrons. The van der Waals surface area contributed by atoms with E-state index in [1.165, 1.54) is 6.33 Å². The summed E-state index contributed by atoms with van der Waals surface area (Å²) in [6.07, 6.45) is 1.45. The maximum absolute atomic E-state index is 11.8. The van der Waals surface area contributed by atoms with Gasteiger partial charge in [0.15, 0.2) is 0 Å². The monoisotopic (exact) mass is 251 g/mol. The van der Waals surface area contributed by atoms with Crippen LogP contribution in [0.3, 0.4) is 0 Å². The van der Waals surface area contributed by atoms with Crippen LogP contribution in [-0.4, -0.2) is 35.5 Å². The zero-order valence-electron chi connectivity index (χ0n) is 11.3. The Morgan fingerprint density at radius 2 is 1.94 bits per heavy atom. The molecule has 0 fully saturated rings. The molecule has 6 nitrogen and oxygen atoms in total. The predicted octanol–water partition coefficient (Wildman–Crippen LogP) is 1.09. The van der Waals surface area contributed by atoms with E-state index in [9.17, 15) is 4.79 Å². The van der Waals surface area contributed by atoms with Crippen molar-refractivity contribution in [1.82, 2.24) is 15.3 Å². The second kappa shape index (κ2) is 6.78. The molecular weight excluding hydrogens is 230 g/mol. The van der Waals surface area contributed by atoms with Gasteiger partial charge in [-0.2, -0.15) is 0 Å². The predicted molar refractivity (Wildman–Crippen MR) is 72.5 cm³/mol. The molecule has 6 heteroatoms. The summed E-state index contributed by atoms with van der Waals surface area (Å²) in [7, 11) is 1.78. The van der Waals surface area contributed by atoms with E-state index in [0.717, 1.165) is 0 Å². The number of nitrogens with one attached hydrogen (secondary N) is 3. The van der Waals surface area contributed by atoms with Crippen molar-refractivity contribution < 1.29 is 4.79 Å². The zero-order valence-corrected chi connectivity index (χ0v) is 11.3. The fourth-order valence-electron chi connectivity index (χ4n) is 1.32. The first kappa shape index (κ1) is 14.2. The Hall–Kier alpha value is -1.85. The van der Waals surface area contributed by atoms with Crippen LogP contribution in [0.1, 0.15) is 20.8 Å². The SMILES string of the molecule is CNc1cc(NC(C)C(=O)NCC(C)C)ncn1. The summed E-state index contributed by atoms with van der Waals surface area (Å²) in [5.74, 6) is 1.74. The van der Waals surface area contributed by atoms with Crippen LogP contribution in [-0.2, 0) is 4.79 Å². The van der Waals surface area contributed by atoms with E-state index in [0.29, 0.717) is 24.1 Å². The van der Waals surface area contributed by atoms with Crippen LogP contribution in [0.15, 0.2) is 12.4 Å². The molecule has 100 valence electrons. The molecule has 0 aliphatic rings. The third-order valence-corrected chi connectivity index (χ3v) is 2.37. The molecule has 18 heavy (non-hydrogen) atoms. The van der Waals surface area contributed by atoms with Gasteiger partial charge in [-0.25, -0.2) is 9.97 Å². The molecule has 3 N–H and O–H groups in total. The van der Waals surface area contributed by atoms with Crippen LogP contribution in [0.2, 0.25) is 0 Å². The molecule has 0 saturated heterocycles. The Balaban J connectivity index is 2.52. The van der Waals surface area contributed by atoms with Gasteiger partial charge in [0.1, 0.15) is 24.0 Å². The minimum Gasteiger partial charge on any atom is -0.373 e. The molecule has 1 aromatic heterocycles. The Morgan fingerprint density at radius 1 is 1.28 bits per heavy atom. The molecule has 1 unspecified atom stereocenters. The summed E-state index contributed by atoms with van der Waals surface area (Å²) in [6, 6.07) is 1.43. The molecule has 1 heterocycles. The van der Waals surface area contributed by atoms with Crippen LogP contribution in [0.25, 0.3) is 0 Å². The van der Waals surface area contributed by atoms with E-state index in [-0.39, 0.29) is 11.9 Å². The highest BCUT2D eigenvalue weighted by Crippen LogP contribution is 2.08. The first-order chi connectivity index (χ1) is 8.52. The summed E-state index contributed by atoms with van der Waals surface area (Å²) in [5.41, 5.74) is 0. The van der Waals surface area contributed by atoms with Gasteiger partial charge < -0.3 is 16.0 Å². The van der Waals surface area contributed by atoms with Gasteiger partial charge >= 0.3 is 0 Å². The van der Waals surface area contributed by atoms with Crippen LogP contribution in [0, 0.1) is 5.92 Å². The minimum absolute atomic E-state index is 0.0340. The molecule has 0 spiro atoms. The van der Waals surface area contributed by atoms with Crippen molar-refractivity contribution in [3.05, 3.63) is 12.4 Å². The lowest BCUT2D eigenvalue weighted by molar-refractivity contribution is -0.121. The topological polar surface area (TPSA) is 78.9 Å². The highest BCUT2D eigenvalue weighted by molar-refractivity contribution is 5.83. The van der Waals surface area contributed by atoms with E-state index in [1.54, 1.807) is 20.0 Å². The van der Waals surface area contributed by atoms with Crippen molar-refractivity contribution in [3.63, 3.8) is 0 Å². The quantitative estimate of drug-likeness (QED) is 0.705. The third-order valence-electron chi connectivity index (χ3n) is 2.37. The Kier molecular flexibility index (Phi) is 5.35. The van der Waals surface area contributed by atoms with Crippen molar-refractivity contribution in [2.45, 2.75) is 26.8 Å². The van der Waals surface area contributed by atoms with Crippen LogP contribution < -0.4 is 16.0 Å². The van der Waals surface area contributed by atoms with Gasteiger partial charge in [0.05, 0.1) is 0 Å². The minimum atomic E-state index is -0.330. The van der Waals surface area contributed by atoms with E-state index in [1.807, 2.05) is 0 Å². The number of aromatic nitrogens is 2. The maximum atomic E-state index is 11.8. The summed E-state index contributed by atoms with van der Waals surface area (Å²) in [4.78, 5) is 19.8. The molecule has 1 amide bonds. The number of carbonyl (C=O) groups excluding carboxylic acids is 1. The Bertz CT molecular complexity index is 394. The lowest BCUT2D eigenvalue weighted by atomic mass is 10.2. The number of nitrogens with zero attached hydrogens (tertiary/aromatic N) is 2. The van der Waals surface area contributed by atoms with Crippen molar-refractivity contribution in [2.24, 2.45) is 5.92 Å². The molecule has 0 aliphatic carbocycles. The molecule has 1 atom stereocenters. The van der Waals surface area contributed by atoms with Gasteiger partial charge in [-0.05, 0) is 12.8 Å². The molecule has 0 saturated carbocycles. The number of carbonyl (C=O) groups is 1. The van der Waals surface area contributed by atoms with Gasteiger partial charge in [0, 0.05) is 19.7 Å². The van der Waals surface area contributed by atoms with Gasteiger partial charge in [-0.15, -0.1) is 0 Å². The van der Waals surface area contributed by atoms with Crippen molar-refractivity contribution in [2.75, 3.05) is 24.2 Å². The molecular formula is C12H21N5O. The molecule has 0 aromatic carbocycles. The number of hydrogen-bond acceptors (Lipinski definition) is 5. The van der Waals surface area contributed by atoms with E-state index in [4.69, 9.17) is 0 Å². The largest absolute Gasteiger partial charge is 0.373 e. The number of amides is 1. The fourth-order valence-corrected chi connectivity index (χ4v) is 1.32. The first-order valence-electron chi connectivity index (χ1n) is 6.07. The molecule has 1 rings (SSSR count). The van der Waals surface area contributed by atoms with Crippen LogP contribution >= 0.6 is 0 Å². The molecule has 0 aliphatic heterocycles. The summed E-state index contributed by atoms with van der Waals surface area (Å²) >= 11 is 0. The summed E-state index contributed by atoms with van der Waals surface area (Å²) in [6.45, 7) is 6.59. The number of anilines is 2. The first-order valence-corrected chi connectivity index (χ1v) is 6.07. The van der Waals surface area contributed by atoms with Crippen molar-refractivity contribution >= 4 is 17.5 Å². The second-order valence-electron chi connectivity index (χ2n) is 4.54. The Labute approximate surface area is 108 Å². The fraction of sp³-hybridized carbons (Fsp3) is 0.583. The Morgan fingerprint density at radius 3 is 2.56 bits per heavy atom. The van der Waals surface area contributed by atoms with E-state index in [2.05, 4.69) is 39.8 Å². The average molecular weight is 251 g/mol. The van der Waals surface area contributed by atoms with Gasteiger partial charge in [-0.1, -0.05) is 13.8 Å². The highest BCUT2D eigenvalue weighted by Gasteiger charge is 2.13. The van der Waals surface area contributed by atoms with Gasteiger partial charge in [0.25, 0.3) is 0 Å². The highest BCUT2D eigenvalue weighted by atomic mass is 16.2. The van der Waals surface area contributed by atoms with E-state index >= 15 is 0 Å². The van der Waals surface area contributed by atoms with Crippen molar-refractivity contribution in [1.29, 1.82) is 0 Å². The number of hydrogen-bond donors (Lipinski definition) is 3. The van der Waals surface area contributed by atoms with E-state index < -0.39 is 0 Å². The van der Waals surface area contributed by atoms with Crippen molar-refractivity contribution in [3.8, 4) is 0 Å². The summed E-state index contributed by atoms with van der Waals surface area (Å²) < 4.78 is 0. The normalized spacial score (nSPS) is 12.1. The van der Waals surface area contributed by atoms with Gasteiger partial charge in [-0.3, -0.25) is 4.79 Å². The smallest absolute Gasteiger partial charge is 0.242 e. The second-order valence-corrected chi connectivity index (χ2v) is 4.54. The molecule has 1 aromatic rings. The van der Waals surface area contributed by atoms with Gasteiger partial charge in [0.2, 0.25) is 5.91 Å². The van der Waals surface area contributed by atoms with Crippen LogP contribution in [0.5, 0.6) is 0 Å². The molecule has 0 bridgehead atoms. The lowest BCUT2D eigenvalue weighted by Gasteiger charge is -2.15. The number of rotatable bonds is 6. The zero-order chi connectivity index (χ0) is 13.5. The van der Waals surface area contributed by atoms with Crippen LogP contribution in [0.4, 0.5) is 11.6 Å². The standard InChI is InChI=1S/C12H21N5O/c1-8(2)6-14-12(18)9(3)17-11-5-10(13-4)15-7-16-11/h5,7-9H,6H2,1-4H3,(H,14,18)(H2,13,15,16,17). The average Bonchev–Trinajstić information content (AvgIpc) is 2.36. The summed E-state index contributed by atoms with van der Waals surface area (Å²) in [5, 5.41) is 8.83.